The third-order valence-corrected chi connectivity index (χ3v) is 3.51. The number of methoxy groups -OCH3 is 2. The molecule has 0 aromatic heterocycles. The van der Waals surface area contributed by atoms with Crippen LogP contribution in [0.25, 0.3) is 0 Å². The molecule has 0 fully saturated rings. The first kappa shape index (κ1) is 17.3. The lowest BCUT2D eigenvalue weighted by Crippen LogP contribution is -2.26. The first-order chi connectivity index (χ1) is 9.81. The predicted octanol–water partition coefficient (Wildman–Crippen LogP) is 0.248. The van der Waals surface area contributed by atoms with Gasteiger partial charge in [0, 0.05) is 25.8 Å². The summed E-state index contributed by atoms with van der Waals surface area (Å²) in [5.41, 5.74) is -0.158. The molecule has 0 saturated carbocycles. The van der Waals surface area contributed by atoms with E-state index in [0.717, 1.165) is 19.2 Å². The molecule has 21 heavy (non-hydrogen) atoms. The predicted molar refractivity (Wildman–Crippen MR) is 73.2 cm³/mol. The van der Waals surface area contributed by atoms with Crippen molar-refractivity contribution >= 4 is 15.9 Å². The minimum absolute atomic E-state index is 0.158. The third-order valence-electron chi connectivity index (χ3n) is 2.59. The quantitative estimate of drug-likeness (QED) is 0.700. The van der Waals surface area contributed by atoms with Crippen LogP contribution in [-0.2, 0) is 14.8 Å². The minimum atomic E-state index is -4.22. The lowest BCUT2D eigenvalue weighted by molar-refractivity contribution is 0.0948. The van der Waals surface area contributed by atoms with Crippen LogP contribution in [0.15, 0.2) is 17.0 Å². The van der Waals surface area contributed by atoms with E-state index in [9.17, 15) is 17.6 Å². The van der Waals surface area contributed by atoms with Gasteiger partial charge in [0.1, 0.15) is 4.90 Å². The van der Waals surface area contributed by atoms with E-state index in [1.807, 2.05) is 0 Å². The molecule has 1 rings (SSSR count). The van der Waals surface area contributed by atoms with Gasteiger partial charge in [0.05, 0.1) is 7.11 Å². The summed E-state index contributed by atoms with van der Waals surface area (Å²) < 4.78 is 46.1. The van der Waals surface area contributed by atoms with Crippen molar-refractivity contribution in [1.29, 1.82) is 0 Å². The van der Waals surface area contributed by atoms with Gasteiger partial charge in [-0.2, -0.15) is 0 Å². The second kappa shape index (κ2) is 7.34. The van der Waals surface area contributed by atoms with Gasteiger partial charge in [-0.3, -0.25) is 4.79 Å². The van der Waals surface area contributed by atoms with Crippen molar-refractivity contribution < 1.29 is 27.1 Å². The van der Waals surface area contributed by atoms with Gasteiger partial charge < -0.3 is 14.8 Å². The first-order valence-corrected chi connectivity index (χ1v) is 7.53. The lowest BCUT2D eigenvalue weighted by atomic mass is 10.2. The first-order valence-electron chi connectivity index (χ1n) is 5.98. The highest BCUT2D eigenvalue weighted by Gasteiger charge is 2.22. The van der Waals surface area contributed by atoms with E-state index in [4.69, 9.17) is 9.88 Å². The van der Waals surface area contributed by atoms with Gasteiger partial charge in [0.15, 0.2) is 11.6 Å². The molecular formula is C12H17FN2O5S. The molecular weight excluding hydrogens is 303 g/mol. The summed E-state index contributed by atoms with van der Waals surface area (Å²) in [6, 6.07) is 1.86. The van der Waals surface area contributed by atoms with E-state index in [-0.39, 0.29) is 5.56 Å². The highest BCUT2D eigenvalue weighted by molar-refractivity contribution is 7.89. The number of nitrogens with one attached hydrogen (secondary N) is 1. The number of carbonyl (C=O) groups is 1. The average molecular weight is 320 g/mol. The number of amides is 1. The molecule has 9 heteroatoms. The highest BCUT2D eigenvalue weighted by Crippen LogP contribution is 2.27. The fraction of sp³-hybridized carbons (Fsp3) is 0.417. The molecule has 0 radical (unpaired) electrons. The number of ether oxygens (including phenoxy) is 2. The lowest BCUT2D eigenvalue weighted by Gasteiger charge is -2.11. The number of hydrogen-bond acceptors (Lipinski definition) is 5. The van der Waals surface area contributed by atoms with E-state index in [0.29, 0.717) is 19.6 Å². The molecule has 0 aliphatic rings. The Morgan fingerprint density at radius 1 is 1.38 bits per heavy atom. The van der Waals surface area contributed by atoms with E-state index in [2.05, 4.69) is 10.1 Å². The molecule has 0 atom stereocenters. The van der Waals surface area contributed by atoms with Crippen LogP contribution >= 0.6 is 0 Å². The van der Waals surface area contributed by atoms with Crippen LogP contribution in [0.3, 0.4) is 0 Å². The zero-order valence-electron chi connectivity index (χ0n) is 11.7. The van der Waals surface area contributed by atoms with E-state index in [1.54, 1.807) is 0 Å². The van der Waals surface area contributed by atoms with Crippen molar-refractivity contribution in [3.05, 3.63) is 23.5 Å². The Hall–Kier alpha value is -1.71. The third kappa shape index (κ3) is 4.66. The number of primary sulfonamides is 1. The van der Waals surface area contributed by atoms with Gasteiger partial charge in [0.25, 0.3) is 5.91 Å². The Kier molecular flexibility index (Phi) is 6.06. The molecule has 0 heterocycles. The van der Waals surface area contributed by atoms with Gasteiger partial charge >= 0.3 is 0 Å². The molecule has 0 spiro atoms. The van der Waals surface area contributed by atoms with Crippen molar-refractivity contribution in [3.63, 3.8) is 0 Å². The molecule has 1 amide bonds. The number of benzene rings is 1. The normalized spacial score (nSPS) is 11.2. The van der Waals surface area contributed by atoms with Crippen LogP contribution in [0.1, 0.15) is 16.8 Å². The maximum absolute atomic E-state index is 13.8. The largest absolute Gasteiger partial charge is 0.492 e. The smallest absolute Gasteiger partial charge is 0.251 e. The number of carbonyl (C=O) groups excluding carboxylic acids is 1. The molecule has 0 saturated heterocycles. The molecule has 0 bridgehead atoms. The zero-order chi connectivity index (χ0) is 16.0. The van der Waals surface area contributed by atoms with Crippen molar-refractivity contribution in [1.82, 2.24) is 5.32 Å². The van der Waals surface area contributed by atoms with E-state index < -0.39 is 32.4 Å². The van der Waals surface area contributed by atoms with Gasteiger partial charge in [0.2, 0.25) is 10.0 Å². The Labute approximate surface area is 122 Å². The van der Waals surface area contributed by atoms with Crippen LogP contribution in [-0.4, -0.2) is 41.7 Å². The average Bonchev–Trinajstić information content (AvgIpc) is 2.41. The maximum Gasteiger partial charge on any atom is 0.251 e. The molecule has 118 valence electrons. The fourth-order valence-electron chi connectivity index (χ4n) is 1.63. The van der Waals surface area contributed by atoms with Crippen LogP contribution < -0.4 is 15.2 Å². The molecule has 1 aromatic rings. The fourth-order valence-corrected chi connectivity index (χ4v) is 2.36. The van der Waals surface area contributed by atoms with E-state index in [1.165, 1.54) is 7.11 Å². The van der Waals surface area contributed by atoms with Gasteiger partial charge in [-0.15, -0.1) is 0 Å². The number of rotatable bonds is 7. The summed E-state index contributed by atoms with van der Waals surface area (Å²) in [6.07, 6.45) is 0.572. The number of sulfonamides is 1. The van der Waals surface area contributed by atoms with Crippen molar-refractivity contribution in [2.24, 2.45) is 5.14 Å². The van der Waals surface area contributed by atoms with Crippen molar-refractivity contribution in [2.45, 2.75) is 11.3 Å². The number of halogens is 1. The summed E-state index contributed by atoms with van der Waals surface area (Å²) in [7, 11) is -1.58. The van der Waals surface area contributed by atoms with E-state index >= 15 is 0 Å². The summed E-state index contributed by atoms with van der Waals surface area (Å²) in [5, 5.41) is 7.50. The number of nitrogens with two attached hydrogens (primary N) is 1. The minimum Gasteiger partial charge on any atom is -0.492 e. The van der Waals surface area contributed by atoms with Gasteiger partial charge in [-0.1, -0.05) is 0 Å². The number of hydrogen-bond donors (Lipinski definition) is 2. The Bertz CT molecular complexity index is 618. The van der Waals surface area contributed by atoms with Crippen LogP contribution in [0.2, 0.25) is 0 Å². The summed E-state index contributed by atoms with van der Waals surface area (Å²) in [5.74, 6) is -2.11. The highest BCUT2D eigenvalue weighted by atomic mass is 32.2. The Morgan fingerprint density at radius 2 is 2.05 bits per heavy atom. The maximum atomic E-state index is 13.8. The molecule has 0 aliphatic heterocycles. The zero-order valence-corrected chi connectivity index (χ0v) is 12.5. The van der Waals surface area contributed by atoms with Crippen molar-refractivity contribution in [3.8, 4) is 5.75 Å². The molecule has 3 N–H and O–H groups in total. The van der Waals surface area contributed by atoms with Crippen LogP contribution in [0, 0.1) is 5.82 Å². The summed E-state index contributed by atoms with van der Waals surface area (Å²) >= 11 is 0. The molecule has 0 unspecified atom stereocenters. The Balaban J connectivity index is 3.04. The van der Waals surface area contributed by atoms with Gasteiger partial charge in [-0.05, 0) is 18.6 Å². The molecule has 0 aliphatic carbocycles. The molecule has 1 aromatic carbocycles. The second-order valence-corrected chi connectivity index (χ2v) is 5.67. The van der Waals surface area contributed by atoms with Crippen molar-refractivity contribution in [2.75, 3.05) is 27.4 Å². The topological polar surface area (TPSA) is 108 Å². The summed E-state index contributed by atoms with van der Waals surface area (Å²) in [6.45, 7) is 0.769. The monoisotopic (exact) mass is 320 g/mol. The second-order valence-electron chi connectivity index (χ2n) is 4.14. The SMILES string of the molecule is COCCCNC(=O)c1cc(F)c(OC)c(S(N)(=O)=O)c1. The standard InChI is InChI=1S/C12H17FN2O5S/c1-19-5-3-4-15-12(16)8-6-9(13)11(20-2)10(7-8)21(14,17)18/h6-7H,3-5H2,1-2H3,(H,15,16)(H2,14,17,18). The van der Waals surface area contributed by atoms with Crippen LogP contribution in [0.5, 0.6) is 5.75 Å². The summed E-state index contributed by atoms with van der Waals surface area (Å²) in [4.78, 5) is 11.3. The van der Waals surface area contributed by atoms with Crippen LogP contribution in [0.4, 0.5) is 4.39 Å². The van der Waals surface area contributed by atoms with Gasteiger partial charge in [-0.25, -0.2) is 17.9 Å². The Morgan fingerprint density at radius 3 is 2.57 bits per heavy atom. The molecule has 7 nitrogen and oxygen atoms in total.